The van der Waals surface area contributed by atoms with Gasteiger partial charge < -0.3 is 10.4 Å². The number of nitrogens with one attached hydrogen (secondary N) is 1. The Kier molecular flexibility index (Phi) is 1.17. The Morgan fingerprint density at radius 2 is 2.45 bits per heavy atom. The van der Waals surface area contributed by atoms with Crippen LogP contribution in [0.4, 0.5) is 0 Å². The average Bonchev–Trinajstić information content (AvgIpc) is 2.70. The molecule has 2 rings (SSSR count). The molecular weight excluding hydrogens is 142 g/mol. The molecule has 1 atom stereocenters. The lowest BCUT2D eigenvalue weighted by Gasteiger charge is -2.09. The van der Waals surface area contributed by atoms with Gasteiger partial charge in [0.15, 0.2) is 0 Å². The molecule has 2 aliphatic rings. The second-order valence-corrected chi connectivity index (χ2v) is 3.01. The van der Waals surface area contributed by atoms with Gasteiger partial charge in [-0.05, 0) is 6.42 Å². The third-order valence-electron chi connectivity index (χ3n) is 2.15. The van der Waals surface area contributed by atoms with Crippen molar-refractivity contribution < 1.29 is 9.90 Å². The zero-order chi connectivity index (χ0) is 7.90. The van der Waals surface area contributed by atoms with Crippen molar-refractivity contribution in [3.63, 3.8) is 0 Å². The summed E-state index contributed by atoms with van der Waals surface area (Å²) in [5.74, 6) is -0.836. The van der Waals surface area contributed by atoms with E-state index >= 15 is 0 Å². The van der Waals surface area contributed by atoms with Crippen molar-refractivity contribution in [3.05, 3.63) is 23.8 Å². The molecule has 1 heterocycles. The fourth-order valence-electron chi connectivity index (χ4n) is 1.21. The summed E-state index contributed by atoms with van der Waals surface area (Å²) in [5.41, 5.74) is 0.531. The molecule has 0 bridgehead atoms. The van der Waals surface area contributed by atoms with Crippen LogP contribution in [0.25, 0.3) is 0 Å². The van der Waals surface area contributed by atoms with Gasteiger partial charge in [0, 0.05) is 6.54 Å². The van der Waals surface area contributed by atoms with E-state index in [0.717, 1.165) is 13.0 Å². The molecule has 0 saturated carbocycles. The molecule has 1 fully saturated rings. The minimum atomic E-state index is -0.836. The highest BCUT2D eigenvalue weighted by Crippen LogP contribution is 2.28. The van der Waals surface area contributed by atoms with E-state index < -0.39 is 5.97 Å². The van der Waals surface area contributed by atoms with Gasteiger partial charge in [-0.2, -0.15) is 0 Å². The highest BCUT2D eigenvalue weighted by atomic mass is 16.4. The summed E-state index contributed by atoms with van der Waals surface area (Å²) in [5, 5.41) is 11.8. The van der Waals surface area contributed by atoms with E-state index in [1.807, 2.05) is 6.08 Å². The Balaban J connectivity index is 2.14. The standard InChI is InChI=1S/C8H9NO2/c10-7(11)6-1-3-8(4-2-6)5-9-8/h1-3,9H,4-5H2,(H,10,11). The molecule has 3 nitrogen and oxygen atoms in total. The first-order chi connectivity index (χ1) is 5.22. The summed E-state index contributed by atoms with van der Waals surface area (Å²) in [6.45, 7) is 0.979. The van der Waals surface area contributed by atoms with Crippen molar-refractivity contribution in [1.29, 1.82) is 0 Å². The molecular formula is C8H9NO2. The molecule has 0 aromatic heterocycles. The Morgan fingerprint density at radius 1 is 1.73 bits per heavy atom. The van der Waals surface area contributed by atoms with Crippen LogP contribution in [0.1, 0.15) is 6.42 Å². The van der Waals surface area contributed by atoms with Gasteiger partial charge in [-0.25, -0.2) is 4.79 Å². The lowest BCUT2D eigenvalue weighted by Crippen LogP contribution is -2.15. The summed E-state index contributed by atoms with van der Waals surface area (Å²) in [4.78, 5) is 10.4. The predicted octanol–water partition coefficient (Wildman–Crippen LogP) is 0.299. The van der Waals surface area contributed by atoms with Crippen molar-refractivity contribution >= 4 is 5.97 Å². The first-order valence-corrected chi connectivity index (χ1v) is 3.60. The molecule has 0 radical (unpaired) electrons. The minimum absolute atomic E-state index is 0.124. The molecule has 1 unspecified atom stereocenters. The summed E-state index contributed by atoms with van der Waals surface area (Å²) in [7, 11) is 0. The smallest absolute Gasteiger partial charge is 0.335 e. The lowest BCUT2D eigenvalue weighted by atomic mass is 9.97. The van der Waals surface area contributed by atoms with Crippen LogP contribution in [-0.4, -0.2) is 23.2 Å². The van der Waals surface area contributed by atoms with Gasteiger partial charge in [-0.1, -0.05) is 18.2 Å². The molecule has 0 amide bonds. The van der Waals surface area contributed by atoms with Gasteiger partial charge in [0.1, 0.15) is 0 Å². The third kappa shape index (κ3) is 1.07. The molecule has 2 N–H and O–H groups in total. The van der Waals surface area contributed by atoms with E-state index in [1.54, 1.807) is 12.2 Å². The quantitative estimate of drug-likeness (QED) is 0.530. The number of carboxylic acid groups (broad SMARTS) is 1. The van der Waals surface area contributed by atoms with Crippen LogP contribution in [0, 0.1) is 0 Å². The molecule has 3 heteroatoms. The van der Waals surface area contributed by atoms with Gasteiger partial charge in [0.25, 0.3) is 0 Å². The number of hydrogen-bond donors (Lipinski definition) is 2. The van der Waals surface area contributed by atoms with Crippen molar-refractivity contribution in [1.82, 2.24) is 5.32 Å². The number of aliphatic carboxylic acids is 1. The predicted molar refractivity (Wildman–Crippen MR) is 40.2 cm³/mol. The van der Waals surface area contributed by atoms with Crippen LogP contribution in [0.5, 0.6) is 0 Å². The Hall–Kier alpha value is -1.09. The third-order valence-corrected chi connectivity index (χ3v) is 2.15. The summed E-state index contributed by atoms with van der Waals surface area (Å²) >= 11 is 0. The largest absolute Gasteiger partial charge is 0.478 e. The van der Waals surface area contributed by atoms with Crippen LogP contribution in [0.15, 0.2) is 23.8 Å². The van der Waals surface area contributed by atoms with Gasteiger partial charge in [-0.3, -0.25) is 0 Å². The SMILES string of the molecule is O=C(O)C1=CCC2(C=C1)CN2. The number of hydrogen-bond acceptors (Lipinski definition) is 2. The molecule has 1 saturated heterocycles. The summed E-state index contributed by atoms with van der Waals surface area (Å²) in [6, 6.07) is 0. The monoisotopic (exact) mass is 151 g/mol. The Morgan fingerprint density at radius 3 is 2.82 bits per heavy atom. The Bertz CT molecular complexity index is 261. The maximum Gasteiger partial charge on any atom is 0.335 e. The molecule has 1 aliphatic carbocycles. The van der Waals surface area contributed by atoms with Gasteiger partial charge in [0.2, 0.25) is 0 Å². The molecule has 0 aromatic rings. The number of carbonyl (C=O) groups is 1. The van der Waals surface area contributed by atoms with Gasteiger partial charge in [-0.15, -0.1) is 0 Å². The maximum atomic E-state index is 10.4. The number of carboxylic acids is 1. The van der Waals surface area contributed by atoms with E-state index in [2.05, 4.69) is 5.32 Å². The minimum Gasteiger partial charge on any atom is -0.478 e. The van der Waals surface area contributed by atoms with E-state index in [0.29, 0.717) is 5.57 Å². The zero-order valence-electron chi connectivity index (χ0n) is 6.00. The first kappa shape index (κ1) is 6.61. The van der Waals surface area contributed by atoms with Crippen LogP contribution < -0.4 is 5.32 Å². The highest BCUT2D eigenvalue weighted by Gasteiger charge is 2.39. The lowest BCUT2D eigenvalue weighted by molar-refractivity contribution is -0.132. The highest BCUT2D eigenvalue weighted by molar-refractivity contribution is 5.90. The van der Waals surface area contributed by atoms with Crippen LogP contribution in [0.3, 0.4) is 0 Å². The zero-order valence-corrected chi connectivity index (χ0v) is 6.00. The molecule has 11 heavy (non-hydrogen) atoms. The number of rotatable bonds is 1. The maximum absolute atomic E-state index is 10.4. The van der Waals surface area contributed by atoms with E-state index in [4.69, 9.17) is 5.11 Å². The van der Waals surface area contributed by atoms with Crippen LogP contribution >= 0.6 is 0 Å². The van der Waals surface area contributed by atoms with Crippen molar-refractivity contribution in [2.75, 3.05) is 6.54 Å². The summed E-state index contributed by atoms with van der Waals surface area (Å²) < 4.78 is 0. The van der Waals surface area contributed by atoms with Crippen LogP contribution in [0.2, 0.25) is 0 Å². The fraction of sp³-hybridized carbons (Fsp3) is 0.375. The van der Waals surface area contributed by atoms with Crippen LogP contribution in [-0.2, 0) is 4.79 Å². The summed E-state index contributed by atoms with van der Waals surface area (Å²) in [6.07, 6.45) is 6.19. The second-order valence-electron chi connectivity index (χ2n) is 3.01. The molecule has 1 spiro atoms. The van der Waals surface area contributed by atoms with E-state index in [9.17, 15) is 4.79 Å². The van der Waals surface area contributed by atoms with Crippen molar-refractivity contribution in [3.8, 4) is 0 Å². The topological polar surface area (TPSA) is 59.2 Å². The van der Waals surface area contributed by atoms with E-state index in [1.165, 1.54) is 0 Å². The van der Waals surface area contributed by atoms with Crippen molar-refractivity contribution in [2.45, 2.75) is 12.0 Å². The molecule has 0 aromatic carbocycles. The normalized spacial score (nSPS) is 33.6. The van der Waals surface area contributed by atoms with Crippen molar-refractivity contribution in [2.24, 2.45) is 0 Å². The second kappa shape index (κ2) is 1.95. The van der Waals surface area contributed by atoms with Gasteiger partial charge in [0.05, 0.1) is 11.1 Å². The molecule has 1 aliphatic heterocycles. The van der Waals surface area contributed by atoms with E-state index in [-0.39, 0.29) is 5.54 Å². The fourth-order valence-corrected chi connectivity index (χ4v) is 1.21. The average molecular weight is 151 g/mol. The first-order valence-electron chi connectivity index (χ1n) is 3.60. The molecule has 58 valence electrons. The van der Waals surface area contributed by atoms with Gasteiger partial charge >= 0.3 is 5.97 Å². The Labute approximate surface area is 64.4 Å².